The molecule has 0 aromatic heterocycles. The van der Waals surface area contributed by atoms with Crippen LogP contribution in [0.1, 0.15) is 50.5 Å². The number of benzene rings is 3. The van der Waals surface area contributed by atoms with E-state index in [1.807, 2.05) is 0 Å². The van der Waals surface area contributed by atoms with E-state index in [1.165, 1.54) is 11.9 Å². The molecule has 0 bridgehead atoms. The van der Waals surface area contributed by atoms with Crippen molar-refractivity contribution in [2.24, 2.45) is 5.92 Å². The van der Waals surface area contributed by atoms with Gasteiger partial charge >= 0.3 is 12.0 Å². The van der Waals surface area contributed by atoms with Gasteiger partial charge in [-0.15, -0.1) is 0 Å². The second-order valence-electron chi connectivity index (χ2n) is 11.3. The number of ether oxygens (including phenoxy) is 1. The van der Waals surface area contributed by atoms with E-state index < -0.39 is 48.0 Å². The van der Waals surface area contributed by atoms with Gasteiger partial charge < -0.3 is 30.3 Å². The third-order valence-corrected chi connectivity index (χ3v) is 8.07. The lowest BCUT2D eigenvalue weighted by Crippen LogP contribution is -2.42. The van der Waals surface area contributed by atoms with Crippen molar-refractivity contribution in [3.63, 3.8) is 0 Å². The number of anilines is 3. The van der Waals surface area contributed by atoms with Gasteiger partial charge in [0, 0.05) is 31.0 Å². The molecule has 3 aromatic rings. The van der Waals surface area contributed by atoms with Crippen molar-refractivity contribution in [2.45, 2.75) is 44.9 Å². The highest BCUT2D eigenvalue weighted by atomic mass is 19.1. The molecule has 3 aromatic carbocycles. The fraction of sp³-hybridized carbons (Fsp3) is 0.353. The first-order chi connectivity index (χ1) is 22.0. The van der Waals surface area contributed by atoms with Crippen molar-refractivity contribution in [3.8, 4) is 5.75 Å². The zero-order valence-corrected chi connectivity index (χ0v) is 25.8. The Morgan fingerprint density at radius 1 is 0.957 bits per heavy atom. The van der Waals surface area contributed by atoms with E-state index in [-0.39, 0.29) is 18.0 Å². The van der Waals surface area contributed by atoms with Gasteiger partial charge in [0.25, 0.3) is 5.91 Å². The van der Waals surface area contributed by atoms with Crippen LogP contribution in [0.25, 0.3) is 0 Å². The number of rotatable bonds is 13. The summed E-state index contributed by atoms with van der Waals surface area (Å²) >= 11 is 0. The Labute approximate surface area is 266 Å². The number of hydrogen-bond acceptors (Lipinski definition) is 5. The Morgan fingerprint density at radius 2 is 1.65 bits per heavy atom. The summed E-state index contributed by atoms with van der Waals surface area (Å²) in [5, 5.41) is 14.5. The number of carboxylic acid groups (broad SMARTS) is 1. The van der Waals surface area contributed by atoms with Crippen LogP contribution in [-0.4, -0.2) is 55.7 Å². The summed E-state index contributed by atoms with van der Waals surface area (Å²) in [5.41, 5.74) is 1.34. The smallest absolute Gasteiger partial charge is 0.319 e. The van der Waals surface area contributed by atoms with Crippen molar-refractivity contribution in [1.29, 1.82) is 0 Å². The lowest BCUT2D eigenvalue weighted by molar-refractivity contribution is -0.138. The minimum absolute atomic E-state index is 0.0280. The van der Waals surface area contributed by atoms with E-state index >= 15 is 0 Å². The van der Waals surface area contributed by atoms with Gasteiger partial charge in [-0.05, 0) is 61.2 Å². The summed E-state index contributed by atoms with van der Waals surface area (Å²) in [5.74, 6) is -3.65. The molecule has 1 saturated carbocycles. The Hall–Kier alpha value is -5.00. The van der Waals surface area contributed by atoms with Crippen LogP contribution in [0.5, 0.6) is 5.75 Å². The lowest BCUT2D eigenvalue weighted by atomic mass is 10.0. The van der Waals surface area contributed by atoms with Crippen molar-refractivity contribution < 1.29 is 37.8 Å². The van der Waals surface area contributed by atoms with Crippen molar-refractivity contribution in [1.82, 2.24) is 5.32 Å². The molecule has 1 fully saturated rings. The number of hydrogen-bond donors (Lipinski definition) is 3. The summed E-state index contributed by atoms with van der Waals surface area (Å²) in [7, 11) is 1.38. The second-order valence-corrected chi connectivity index (χ2v) is 11.3. The first-order valence-electron chi connectivity index (χ1n) is 15.1. The molecular formula is C34H38F2N4O6. The summed E-state index contributed by atoms with van der Waals surface area (Å²) in [6.45, 7) is 1.10. The monoisotopic (exact) mass is 636 g/mol. The lowest BCUT2D eigenvalue weighted by Gasteiger charge is -2.27. The normalized spacial score (nSPS) is 13.5. The number of para-hydroxylation sites is 2. The third kappa shape index (κ3) is 9.26. The fourth-order valence-electron chi connectivity index (χ4n) is 5.36. The van der Waals surface area contributed by atoms with Gasteiger partial charge in [0.05, 0.1) is 18.2 Å². The predicted molar refractivity (Wildman–Crippen MR) is 170 cm³/mol. The molecule has 0 radical (unpaired) electrons. The number of likely N-dealkylation sites (N-methyl/N-ethyl adjacent to an activating group) is 1. The highest BCUT2D eigenvalue weighted by Gasteiger charge is 2.24. The molecule has 10 nitrogen and oxygen atoms in total. The molecule has 0 spiro atoms. The van der Waals surface area contributed by atoms with E-state index in [9.17, 15) is 33.1 Å². The van der Waals surface area contributed by atoms with Gasteiger partial charge in [0.15, 0.2) is 6.61 Å². The van der Waals surface area contributed by atoms with Crippen LogP contribution >= 0.6 is 0 Å². The second kappa shape index (κ2) is 15.8. The quantitative estimate of drug-likeness (QED) is 0.213. The number of halogens is 2. The van der Waals surface area contributed by atoms with Gasteiger partial charge in [-0.3, -0.25) is 14.4 Å². The van der Waals surface area contributed by atoms with Crippen LogP contribution in [0.3, 0.4) is 0 Å². The van der Waals surface area contributed by atoms with E-state index in [1.54, 1.807) is 55.5 Å². The third-order valence-electron chi connectivity index (χ3n) is 8.07. The molecule has 1 aliphatic rings. The molecule has 1 aliphatic carbocycles. The van der Waals surface area contributed by atoms with Crippen LogP contribution < -0.4 is 25.2 Å². The van der Waals surface area contributed by atoms with E-state index in [0.29, 0.717) is 35.5 Å². The zero-order valence-electron chi connectivity index (χ0n) is 25.8. The highest BCUT2D eigenvalue weighted by Crippen LogP contribution is 2.32. The van der Waals surface area contributed by atoms with E-state index in [0.717, 1.165) is 49.1 Å². The number of amides is 4. The molecular weight excluding hydrogens is 598 g/mol. The standard InChI is InChI=1S/C34H38F2N4O6/c1-22(33(43)44)24-10-7-11-27(16-24)38-34(45)37-20-31(41)40(15-14-23-8-3-4-9-23)29-12-5-6-13-30(29)46-21-32(42)39(2)28-18-25(35)17-26(36)19-28/h5-7,10-13,16-19,22-23H,3-4,8-9,14-15,20-21H2,1-2H3,(H,43,44)(H2,37,38,45). The zero-order chi connectivity index (χ0) is 33.2. The van der Waals surface area contributed by atoms with Crippen molar-refractivity contribution in [2.75, 3.05) is 41.9 Å². The van der Waals surface area contributed by atoms with Gasteiger partial charge in [-0.2, -0.15) is 0 Å². The Balaban J connectivity index is 1.44. The predicted octanol–water partition coefficient (Wildman–Crippen LogP) is 5.93. The summed E-state index contributed by atoms with van der Waals surface area (Å²) in [6, 6.07) is 15.3. The number of carboxylic acids is 1. The summed E-state index contributed by atoms with van der Waals surface area (Å²) < 4.78 is 33.2. The van der Waals surface area contributed by atoms with Crippen LogP contribution in [-0.2, 0) is 14.4 Å². The summed E-state index contributed by atoms with van der Waals surface area (Å²) in [4.78, 5) is 53.1. The first-order valence-corrected chi connectivity index (χ1v) is 15.1. The van der Waals surface area contributed by atoms with Gasteiger partial charge in [-0.25, -0.2) is 13.6 Å². The van der Waals surface area contributed by atoms with Gasteiger partial charge in [0.1, 0.15) is 17.4 Å². The minimum Gasteiger partial charge on any atom is -0.482 e. The van der Waals surface area contributed by atoms with Crippen LogP contribution in [0.2, 0.25) is 0 Å². The Morgan fingerprint density at radius 3 is 2.35 bits per heavy atom. The molecule has 244 valence electrons. The van der Waals surface area contributed by atoms with Gasteiger partial charge in [-0.1, -0.05) is 49.9 Å². The summed E-state index contributed by atoms with van der Waals surface area (Å²) in [6.07, 6.45) is 5.16. The number of urea groups is 1. The maximum atomic E-state index is 13.7. The SMILES string of the molecule is CC(C(=O)O)c1cccc(NC(=O)NCC(=O)N(CCC2CCCC2)c2ccccc2OCC(=O)N(C)c2cc(F)cc(F)c2)c1. The molecule has 12 heteroatoms. The number of nitrogens with one attached hydrogen (secondary N) is 2. The molecule has 0 aliphatic heterocycles. The number of carbonyl (C=O) groups excluding carboxylic acids is 3. The number of nitrogens with zero attached hydrogens (tertiary/aromatic N) is 2. The minimum atomic E-state index is -0.993. The highest BCUT2D eigenvalue weighted by molar-refractivity contribution is 5.99. The van der Waals surface area contributed by atoms with Crippen LogP contribution in [0.4, 0.5) is 30.6 Å². The Kier molecular flexibility index (Phi) is 11.7. The van der Waals surface area contributed by atoms with Gasteiger partial charge in [0.2, 0.25) is 5.91 Å². The largest absolute Gasteiger partial charge is 0.482 e. The molecule has 1 unspecified atom stereocenters. The molecule has 0 heterocycles. The Bertz CT molecular complexity index is 1540. The number of carbonyl (C=O) groups is 4. The average molecular weight is 637 g/mol. The molecule has 1 atom stereocenters. The molecule has 3 N–H and O–H groups in total. The number of aliphatic carboxylic acids is 1. The van der Waals surface area contributed by atoms with Crippen LogP contribution in [0, 0.1) is 17.6 Å². The van der Waals surface area contributed by atoms with E-state index in [4.69, 9.17) is 4.74 Å². The topological polar surface area (TPSA) is 128 Å². The van der Waals surface area contributed by atoms with Crippen LogP contribution in [0.15, 0.2) is 66.7 Å². The fourth-order valence-corrected chi connectivity index (χ4v) is 5.36. The maximum absolute atomic E-state index is 13.7. The maximum Gasteiger partial charge on any atom is 0.319 e. The molecule has 4 amide bonds. The first kappa shape index (κ1) is 33.9. The molecule has 4 rings (SSSR count). The van der Waals surface area contributed by atoms with Crippen molar-refractivity contribution in [3.05, 3.63) is 83.9 Å². The average Bonchev–Trinajstić information content (AvgIpc) is 3.56. The molecule has 46 heavy (non-hydrogen) atoms. The molecule has 0 saturated heterocycles. The van der Waals surface area contributed by atoms with E-state index in [2.05, 4.69) is 10.6 Å². The van der Waals surface area contributed by atoms with Crippen molar-refractivity contribution >= 4 is 40.9 Å².